The van der Waals surface area contributed by atoms with Crippen molar-refractivity contribution in [3.8, 4) is 17.1 Å². The van der Waals surface area contributed by atoms with Gasteiger partial charge >= 0.3 is 0 Å². The largest absolute Gasteiger partial charge is 0.490 e. The van der Waals surface area contributed by atoms with E-state index in [0.29, 0.717) is 12.5 Å². The first-order valence-corrected chi connectivity index (χ1v) is 7.49. The Morgan fingerprint density at radius 2 is 2.10 bits per heavy atom. The van der Waals surface area contributed by atoms with E-state index in [4.69, 9.17) is 9.47 Å². The zero-order chi connectivity index (χ0) is 14.5. The third-order valence-corrected chi connectivity index (χ3v) is 4.19. The fraction of sp³-hybridized carbons (Fsp3) is 0.500. The Hall–Kier alpha value is -1.88. The van der Waals surface area contributed by atoms with Crippen molar-refractivity contribution in [2.45, 2.75) is 31.8 Å². The van der Waals surface area contributed by atoms with Crippen LogP contribution in [0.3, 0.4) is 0 Å². The van der Waals surface area contributed by atoms with Gasteiger partial charge in [0.25, 0.3) is 0 Å². The van der Waals surface area contributed by atoms with Crippen LogP contribution in [0.5, 0.6) is 5.75 Å². The first-order chi connectivity index (χ1) is 10.4. The lowest BCUT2D eigenvalue weighted by molar-refractivity contribution is 0.0174. The summed E-state index contributed by atoms with van der Waals surface area (Å²) in [5, 5.41) is 6.78. The third kappa shape index (κ3) is 3.24. The Bertz CT molecular complexity index is 550. The van der Waals surface area contributed by atoms with Gasteiger partial charge in [-0.25, -0.2) is 4.98 Å². The number of ether oxygens (including phenoxy) is 2. The van der Waals surface area contributed by atoms with Crippen molar-refractivity contribution in [3.05, 3.63) is 30.6 Å². The van der Waals surface area contributed by atoms with E-state index < -0.39 is 0 Å². The standard InChI is InChI=1S/C16H21N3O2/c1-20-15(12-6-2-3-7-12)10-21-14-9-5-4-8-13(14)16-17-11-18-19-16/h4-5,8-9,11-12,15H,2-3,6-7,10H2,1H3,(H,17,18,19). The average molecular weight is 287 g/mol. The fourth-order valence-electron chi connectivity index (χ4n) is 3.02. The van der Waals surface area contributed by atoms with E-state index in [0.717, 1.165) is 17.1 Å². The number of rotatable bonds is 6. The predicted molar refractivity (Wildman–Crippen MR) is 80.1 cm³/mol. The Kier molecular flexibility index (Phi) is 4.50. The second-order valence-corrected chi connectivity index (χ2v) is 5.46. The maximum Gasteiger partial charge on any atom is 0.159 e. The van der Waals surface area contributed by atoms with Gasteiger partial charge in [-0.15, -0.1) is 0 Å². The van der Waals surface area contributed by atoms with Crippen LogP contribution in [0.15, 0.2) is 30.6 Å². The van der Waals surface area contributed by atoms with Crippen molar-refractivity contribution < 1.29 is 9.47 Å². The molecule has 1 aromatic carbocycles. The molecule has 0 spiro atoms. The molecule has 1 N–H and O–H groups in total. The van der Waals surface area contributed by atoms with Crippen molar-refractivity contribution in [2.75, 3.05) is 13.7 Å². The lowest BCUT2D eigenvalue weighted by Crippen LogP contribution is -2.27. The number of nitrogens with one attached hydrogen (secondary N) is 1. The van der Waals surface area contributed by atoms with Crippen LogP contribution in [0.2, 0.25) is 0 Å². The molecule has 21 heavy (non-hydrogen) atoms. The SMILES string of the molecule is COC(COc1ccccc1-c1ncn[nH]1)C1CCCC1. The van der Waals surface area contributed by atoms with E-state index in [1.54, 1.807) is 7.11 Å². The summed E-state index contributed by atoms with van der Waals surface area (Å²) in [6.45, 7) is 0.576. The molecule has 5 nitrogen and oxygen atoms in total. The summed E-state index contributed by atoms with van der Waals surface area (Å²) in [4.78, 5) is 4.19. The Balaban J connectivity index is 1.70. The number of aromatic amines is 1. The first-order valence-electron chi connectivity index (χ1n) is 7.49. The monoisotopic (exact) mass is 287 g/mol. The molecule has 1 saturated carbocycles. The molecule has 112 valence electrons. The minimum Gasteiger partial charge on any atom is -0.490 e. The molecule has 1 atom stereocenters. The van der Waals surface area contributed by atoms with Crippen molar-refractivity contribution >= 4 is 0 Å². The molecule has 1 aromatic heterocycles. The minimum atomic E-state index is 0.162. The molecular weight excluding hydrogens is 266 g/mol. The van der Waals surface area contributed by atoms with Crippen LogP contribution in [0.4, 0.5) is 0 Å². The molecule has 0 saturated heterocycles. The number of H-pyrrole nitrogens is 1. The van der Waals surface area contributed by atoms with Gasteiger partial charge in [0, 0.05) is 7.11 Å². The molecule has 1 aliphatic rings. The Labute approximate surface area is 124 Å². The van der Waals surface area contributed by atoms with Crippen LogP contribution < -0.4 is 4.74 Å². The van der Waals surface area contributed by atoms with E-state index in [-0.39, 0.29) is 6.10 Å². The molecule has 1 unspecified atom stereocenters. The second kappa shape index (κ2) is 6.72. The first kappa shape index (κ1) is 14.1. The molecule has 0 radical (unpaired) electrons. The Morgan fingerprint density at radius 1 is 1.29 bits per heavy atom. The average Bonchev–Trinajstić information content (AvgIpc) is 3.22. The predicted octanol–water partition coefficient (Wildman–Crippen LogP) is 3.06. The quantitative estimate of drug-likeness (QED) is 0.887. The highest BCUT2D eigenvalue weighted by atomic mass is 16.5. The molecule has 1 heterocycles. The highest BCUT2D eigenvalue weighted by Gasteiger charge is 2.25. The van der Waals surface area contributed by atoms with Gasteiger partial charge in [-0.2, -0.15) is 5.10 Å². The van der Waals surface area contributed by atoms with E-state index in [1.807, 2.05) is 24.3 Å². The highest BCUT2D eigenvalue weighted by Crippen LogP contribution is 2.31. The fourth-order valence-corrected chi connectivity index (χ4v) is 3.02. The smallest absolute Gasteiger partial charge is 0.159 e. The summed E-state index contributed by atoms with van der Waals surface area (Å²) < 4.78 is 11.6. The van der Waals surface area contributed by atoms with Gasteiger partial charge in [0.1, 0.15) is 18.7 Å². The van der Waals surface area contributed by atoms with Crippen LogP contribution in [0.25, 0.3) is 11.4 Å². The van der Waals surface area contributed by atoms with Crippen molar-refractivity contribution in [1.82, 2.24) is 15.2 Å². The molecular formula is C16H21N3O2. The van der Waals surface area contributed by atoms with Crippen molar-refractivity contribution in [1.29, 1.82) is 0 Å². The summed E-state index contributed by atoms with van der Waals surface area (Å²) in [5.41, 5.74) is 0.927. The van der Waals surface area contributed by atoms with Gasteiger partial charge < -0.3 is 9.47 Å². The van der Waals surface area contributed by atoms with Gasteiger partial charge in [-0.1, -0.05) is 25.0 Å². The molecule has 0 bridgehead atoms. The van der Waals surface area contributed by atoms with E-state index in [9.17, 15) is 0 Å². The molecule has 1 aliphatic carbocycles. The van der Waals surface area contributed by atoms with Crippen molar-refractivity contribution in [3.63, 3.8) is 0 Å². The summed E-state index contributed by atoms with van der Waals surface area (Å²) in [5.74, 6) is 2.15. The van der Waals surface area contributed by atoms with Crippen LogP contribution in [0, 0.1) is 5.92 Å². The lowest BCUT2D eigenvalue weighted by Gasteiger charge is -2.22. The Morgan fingerprint density at radius 3 is 2.81 bits per heavy atom. The number of aromatic nitrogens is 3. The summed E-state index contributed by atoms with van der Waals surface area (Å²) in [6, 6.07) is 7.87. The normalized spacial score (nSPS) is 17.0. The summed E-state index contributed by atoms with van der Waals surface area (Å²) in [6.07, 6.45) is 6.76. The van der Waals surface area contributed by atoms with Crippen molar-refractivity contribution in [2.24, 2.45) is 5.92 Å². The highest BCUT2D eigenvalue weighted by molar-refractivity contribution is 5.63. The van der Waals surface area contributed by atoms with E-state index in [2.05, 4.69) is 15.2 Å². The van der Waals surface area contributed by atoms with Gasteiger partial charge in [0.2, 0.25) is 0 Å². The molecule has 3 rings (SSSR count). The number of methoxy groups -OCH3 is 1. The molecule has 0 aliphatic heterocycles. The number of para-hydroxylation sites is 1. The number of benzene rings is 1. The zero-order valence-corrected chi connectivity index (χ0v) is 12.3. The number of hydrogen-bond acceptors (Lipinski definition) is 4. The maximum atomic E-state index is 6.01. The van der Waals surface area contributed by atoms with E-state index >= 15 is 0 Å². The van der Waals surface area contributed by atoms with Crippen LogP contribution in [-0.2, 0) is 4.74 Å². The second-order valence-electron chi connectivity index (χ2n) is 5.46. The third-order valence-electron chi connectivity index (χ3n) is 4.19. The zero-order valence-electron chi connectivity index (χ0n) is 12.3. The van der Waals surface area contributed by atoms with E-state index in [1.165, 1.54) is 32.0 Å². The minimum absolute atomic E-state index is 0.162. The number of nitrogens with zero attached hydrogens (tertiary/aromatic N) is 2. The summed E-state index contributed by atoms with van der Waals surface area (Å²) >= 11 is 0. The van der Waals surface area contributed by atoms with Gasteiger partial charge in [-0.3, -0.25) is 5.10 Å². The number of hydrogen-bond donors (Lipinski definition) is 1. The van der Waals surface area contributed by atoms with Gasteiger partial charge in [0.15, 0.2) is 5.82 Å². The molecule has 5 heteroatoms. The van der Waals surface area contributed by atoms with Crippen LogP contribution in [0.1, 0.15) is 25.7 Å². The molecule has 0 amide bonds. The molecule has 1 fully saturated rings. The lowest BCUT2D eigenvalue weighted by atomic mass is 10.0. The van der Waals surface area contributed by atoms with Gasteiger partial charge in [0.05, 0.1) is 11.7 Å². The summed E-state index contributed by atoms with van der Waals surface area (Å²) in [7, 11) is 1.77. The van der Waals surface area contributed by atoms with Crippen LogP contribution >= 0.6 is 0 Å². The topological polar surface area (TPSA) is 60.0 Å². The molecule has 2 aromatic rings. The maximum absolute atomic E-state index is 6.01. The van der Waals surface area contributed by atoms with Crippen LogP contribution in [-0.4, -0.2) is 35.0 Å². The van der Waals surface area contributed by atoms with Gasteiger partial charge in [-0.05, 0) is 30.9 Å².